The Bertz CT molecular complexity index is 658. The molecule has 7 heteroatoms. The van der Waals surface area contributed by atoms with Gasteiger partial charge >= 0.3 is 6.03 Å². The van der Waals surface area contributed by atoms with Crippen LogP contribution in [-0.2, 0) is 4.79 Å². The third-order valence-corrected chi connectivity index (χ3v) is 5.27. The van der Waals surface area contributed by atoms with Gasteiger partial charge in [0.1, 0.15) is 5.75 Å². The molecule has 1 atom stereocenters. The molecule has 0 aromatic heterocycles. The van der Waals surface area contributed by atoms with Crippen LogP contribution in [0.3, 0.4) is 0 Å². The Morgan fingerprint density at radius 1 is 1.11 bits per heavy atom. The van der Waals surface area contributed by atoms with Crippen LogP contribution in [0.2, 0.25) is 0 Å². The van der Waals surface area contributed by atoms with Crippen molar-refractivity contribution in [2.45, 2.75) is 32.7 Å². The lowest BCUT2D eigenvalue weighted by atomic mass is 10.1. The van der Waals surface area contributed by atoms with Crippen LogP contribution in [-0.4, -0.2) is 73.7 Å². The molecule has 0 aliphatic carbocycles. The number of piperidine rings is 1. The molecule has 7 nitrogen and oxygen atoms in total. The van der Waals surface area contributed by atoms with Crippen molar-refractivity contribution in [3.8, 4) is 5.75 Å². The zero-order valence-corrected chi connectivity index (χ0v) is 16.3. The number of piperazine rings is 1. The number of ether oxygens (including phenoxy) is 1. The van der Waals surface area contributed by atoms with Crippen LogP contribution in [0.15, 0.2) is 24.3 Å². The molecule has 27 heavy (non-hydrogen) atoms. The van der Waals surface area contributed by atoms with Crippen LogP contribution in [0.4, 0.5) is 10.5 Å². The van der Waals surface area contributed by atoms with E-state index in [1.165, 1.54) is 0 Å². The van der Waals surface area contributed by atoms with Crippen molar-refractivity contribution in [1.82, 2.24) is 15.1 Å². The molecule has 1 aromatic rings. The van der Waals surface area contributed by atoms with Gasteiger partial charge < -0.3 is 24.8 Å². The number of likely N-dealkylation sites (tertiary alicyclic amines) is 1. The number of benzene rings is 1. The summed E-state index contributed by atoms with van der Waals surface area (Å²) in [6.45, 7) is 8.52. The number of carbonyl (C=O) groups is 2. The SMILES string of the molecule is CCOc1ccccc1N1CCN(C(=O)NC2CCCN(C(C)=O)C2)CC1. The maximum atomic E-state index is 12.6. The van der Waals surface area contributed by atoms with Crippen LogP contribution in [0.25, 0.3) is 0 Å². The molecule has 0 saturated carbocycles. The molecule has 3 rings (SSSR count). The number of rotatable bonds is 4. The number of hydrogen-bond donors (Lipinski definition) is 1. The molecule has 2 aliphatic rings. The maximum absolute atomic E-state index is 12.6. The van der Waals surface area contributed by atoms with E-state index in [0.717, 1.165) is 43.9 Å². The van der Waals surface area contributed by atoms with Crippen LogP contribution < -0.4 is 15.0 Å². The predicted molar refractivity (Wildman–Crippen MR) is 105 cm³/mol. The Morgan fingerprint density at radius 2 is 1.85 bits per heavy atom. The van der Waals surface area contributed by atoms with E-state index in [1.54, 1.807) is 6.92 Å². The zero-order valence-electron chi connectivity index (χ0n) is 16.3. The summed E-state index contributed by atoms with van der Waals surface area (Å²) in [4.78, 5) is 30.1. The Balaban J connectivity index is 1.52. The minimum absolute atomic E-state index is 0.0249. The van der Waals surface area contributed by atoms with Crippen LogP contribution in [0.1, 0.15) is 26.7 Å². The van der Waals surface area contributed by atoms with Crippen molar-refractivity contribution < 1.29 is 14.3 Å². The second kappa shape index (κ2) is 8.97. The monoisotopic (exact) mass is 374 g/mol. The number of para-hydroxylation sites is 2. The van der Waals surface area contributed by atoms with E-state index >= 15 is 0 Å². The summed E-state index contributed by atoms with van der Waals surface area (Å²) in [5.41, 5.74) is 1.09. The number of urea groups is 1. The van der Waals surface area contributed by atoms with E-state index in [-0.39, 0.29) is 18.0 Å². The largest absolute Gasteiger partial charge is 0.492 e. The molecule has 1 N–H and O–H groups in total. The van der Waals surface area contributed by atoms with Crippen molar-refractivity contribution in [3.63, 3.8) is 0 Å². The highest BCUT2D eigenvalue weighted by molar-refractivity contribution is 5.76. The Kier molecular flexibility index (Phi) is 6.42. The van der Waals surface area contributed by atoms with Gasteiger partial charge in [-0.15, -0.1) is 0 Å². The summed E-state index contributed by atoms with van der Waals surface area (Å²) < 4.78 is 5.73. The lowest BCUT2D eigenvalue weighted by molar-refractivity contribution is -0.130. The third kappa shape index (κ3) is 4.84. The summed E-state index contributed by atoms with van der Waals surface area (Å²) in [7, 11) is 0. The van der Waals surface area contributed by atoms with Crippen molar-refractivity contribution in [3.05, 3.63) is 24.3 Å². The minimum atomic E-state index is -0.0249. The first-order valence-electron chi connectivity index (χ1n) is 9.86. The normalized spacial score (nSPS) is 20.4. The Hall–Kier alpha value is -2.44. The highest BCUT2D eigenvalue weighted by atomic mass is 16.5. The fourth-order valence-corrected chi connectivity index (χ4v) is 3.79. The number of carbonyl (C=O) groups excluding carboxylic acids is 2. The smallest absolute Gasteiger partial charge is 0.317 e. The lowest BCUT2D eigenvalue weighted by Crippen LogP contribution is -2.56. The molecule has 1 aromatic carbocycles. The van der Waals surface area contributed by atoms with E-state index in [4.69, 9.17) is 4.74 Å². The molecule has 1 unspecified atom stereocenters. The average molecular weight is 374 g/mol. The predicted octanol–water partition coefficient (Wildman–Crippen LogP) is 1.93. The number of anilines is 1. The molecule has 0 radical (unpaired) electrons. The number of amides is 3. The Labute approximate surface area is 161 Å². The van der Waals surface area contributed by atoms with Gasteiger partial charge in [-0.05, 0) is 31.9 Å². The van der Waals surface area contributed by atoms with Gasteiger partial charge in [-0.25, -0.2) is 4.79 Å². The van der Waals surface area contributed by atoms with Crippen LogP contribution in [0.5, 0.6) is 5.75 Å². The highest BCUT2D eigenvalue weighted by Crippen LogP contribution is 2.28. The molecular weight excluding hydrogens is 344 g/mol. The first kappa shape index (κ1) is 19.3. The van der Waals surface area contributed by atoms with Crippen molar-refractivity contribution in [1.29, 1.82) is 0 Å². The summed E-state index contributed by atoms with van der Waals surface area (Å²) in [6.07, 6.45) is 1.86. The second-order valence-electron chi connectivity index (χ2n) is 7.13. The zero-order chi connectivity index (χ0) is 19.2. The number of hydrogen-bond acceptors (Lipinski definition) is 4. The van der Waals surface area contributed by atoms with Crippen molar-refractivity contribution in [2.75, 3.05) is 50.8 Å². The van der Waals surface area contributed by atoms with Gasteiger partial charge in [-0.1, -0.05) is 12.1 Å². The first-order valence-corrected chi connectivity index (χ1v) is 9.86. The van der Waals surface area contributed by atoms with Gasteiger partial charge in [-0.3, -0.25) is 4.79 Å². The average Bonchev–Trinajstić information content (AvgIpc) is 2.69. The minimum Gasteiger partial charge on any atom is -0.492 e. The Morgan fingerprint density at radius 3 is 2.56 bits per heavy atom. The van der Waals surface area contributed by atoms with E-state index < -0.39 is 0 Å². The van der Waals surface area contributed by atoms with E-state index in [9.17, 15) is 9.59 Å². The van der Waals surface area contributed by atoms with Gasteiger partial charge in [0.15, 0.2) is 0 Å². The second-order valence-corrected chi connectivity index (χ2v) is 7.13. The van der Waals surface area contributed by atoms with Crippen LogP contribution >= 0.6 is 0 Å². The standard InChI is InChI=1S/C20H30N4O3/c1-3-27-19-9-5-4-8-18(19)22-11-13-23(14-12-22)20(26)21-17-7-6-10-24(15-17)16(2)25/h4-5,8-9,17H,3,6-7,10-15H2,1-2H3,(H,21,26). The van der Waals surface area contributed by atoms with E-state index in [2.05, 4.69) is 16.3 Å². The van der Waals surface area contributed by atoms with Crippen molar-refractivity contribution >= 4 is 17.6 Å². The van der Waals surface area contributed by atoms with E-state index in [0.29, 0.717) is 26.2 Å². The third-order valence-electron chi connectivity index (χ3n) is 5.27. The number of nitrogens with one attached hydrogen (secondary N) is 1. The highest BCUT2D eigenvalue weighted by Gasteiger charge is 2.27. The van der Waals surface area contributed by atoms with Crippen molar-refractivity contribution in [2.24, 2.45) is 0 Å². The molecule has 148 valence electrons. The summed E-state index contributed by atoms with van der Waals surface area (Å²) in [6, 6.07) is 8.07. The molecule has 2 fully saturated rings. The van der Waals surface area contributed by atoms with Gasteiger partial charge in [0.2, 0.25) is 5.91 Å². The topological polar surface area (TPSA) is 65.1 Å². The molecule has 2 heterocycles. The fraction of sp³-hybridized carbons (Fsp3) is 0.600. The van der Waals surface area contributed by atoms with Gasteiger partial charge in [0.05, 0.1) is 12.3 Å². The van der Waals surface area contributed by atoms with Gasteiger partial charge in [0, 0.05) is 52.2 Å². The molecular formula is C20H30N4O3. The molecule has 2 aliphatic heterocycles. The molecule has 3 amide bonds. The molecule has 2 saturated heterocycles. The van der Waals surface area contributed by atoms with Crippen LogP contribution in [0, 0.1) is 0 Å². The van der Waals surface area contributed by atoms with E-state index in [1.807, 2.05) is 34.9 Å². The van der Waals surface area contributed by atoms with Gasteiger partial charge in [0.25, 0.3) is 0 Å². The molecule has 0 bridgehead atoms. The summed E-state index contributed by atoms with van der Waals surface area (Å²) in [5.74, 6) is 0.972. The summed E-state index contributed by atoms with van der Waals surface area (Å²) >= 11 is 0. The summed E-state index contributed by atoms with van der Waals surface area (Å²) in [5, 5.41) is 3.11. The van der Waals surface area contributed by atoms with Gasteiger partial charge in [-0.2, -0.15) is 0 Å². The number of nitrogens with zero attached hydrogens (tertiary/aromatic N) is 3. The lowest BCUT2D eigenvalue weighted by Gasteiger charge is -2.38. The fourth-order valence-electron chi connectivity index (χ4n) is 3.79. The maximum Gasteiger partial charge on any atom is 0.317 e. The molecule has 0 spiro atoms. The quantitative estimate of drug-likeness (QED) is 0.875. The first-order chi connectivity index (χ1) is 13.1.